The van der Waals surface area contributed by atoms with E-state index in [1.807, 2.05) is 0 Å². The number of rotatable bonds is 10. The number of hydrogen-bond donors (Lipinski definition) is 2. The Morgan fingerprint density at radius 2 is 1.82 bits per heavy atom. The van der Waals surface area contributed by atoms with Crippen molar-refractivity contribution < 1.29 is 4.79 Å². The first-order chi connectivity index (χ1) is 8.10. The highest BCUT2D eigenvalue weighted by molar-refractivity contribution is 8.00. The summed E-state index contributed by atoms with van der Waals surface area (Å²) in [6, 6.07) is 0.538. The van der Waals surface area contributed by atoms with Crippen molar-refractivity contribution in [2.24, 2.45) is 0 Å². The molecule has 0 radical (unpaired) electrons. The van der Waals surface area contributed by atoms with Crippen molar-refractivity contribution in [3.05, 3.63) is 0 Å². The summed E-state index contributed by atoms with van der Waals surface area (Å²) in [4.78, 5) is 11.4. The highest BCUT2D eigenvalue weighted by Gasteiger charge is 2.10. The molecular weight excluding hydrogens is 232 g/mol. The van der Waals surface area contributed by atoms with Crippen LogP contribution in [0.4, 0.5) is 0 Å². The lowest BCUT2D eigenvalue weighted by Gasteiger charge is -2.17. The van der Waals surface area contributed by atoms with Crippen LogP contribution in [0.1, 0.15) is 47.0 Å². The van der Waals surface area contributed by atoms with E-state index < -0.39 is 0 Å². The second-order valence-corrected chi connectivity index (χ2v) is 5.99. The third kappa shape index (κ3) is 10.6. The number of carbonyl (C=O) groups is 1. The number of nitrogens with one attached hydrogen (secondary N) is 2. The van der Waals surface area contributed by atoms with Crippen molar-refractivity contribution in [1.82, 2.24) is 10.6 Å². The normalized spacial score (nSPS) is 14.4. The van der Waals surface area contributed by atoms with Crippen molar-refractivity contribution >= 4 is 17.7 Å². The predicted octanol–water partition coefficient (Wildman–Crippen LogP) is 2.41. The Morgan fingerprint density at radius 3 is 2.41 bits per heavy atom. The molecule has 0 aliphatic carbocycles. The van der Waals surface area contributed by atoms with Crippen molar-refractivity contribution in [3.63, 3.8) is 0 Å². The first kappa shape index (κ1) is 16.8. The summed E-state index contributed by atoms with van der Waals surface area (Å²) in [5.74, 6) is 0.750. The lowest BCUT2D eigenvalue weighted by Crippen LogP contribution is -2.30. The molecule has 0 rings (SSSR count). The molecule has 0 heterocycles. The zero-order chi connectivity index (χ0) is 13.1. The molecule has 0 aliphatic rings. The fraction of sp³-hybridized carbons (Fsp3) is 0.923. The Bertz CT molecular complexity index is 200. The lowest BCUT2D eigenvalue weighted by atomic mass is 10.2. The van der Waals surface area contributed by atoms with Gasteiger partial charge in [0.15, 0.2) is 0 Å². The first-order valence-electron chi connectivity index (χ1n) is 6.71. The zero-order valence-corrected chi connectivity index (χ0v) is 12.5. The molecule has 3 nitrogen and oxygen atoms in total. The summed E-state index contributed by atoms with van der Waals surface area (Å²) < 4.78 is 0. The molecule has 2 N–H and O–H groups in total. The van der Waals surface area contributed by atoms with E-state index in [9.17, 15) is 4.79 Å². The molecule has 4 heteroatoms. The van der Waals surface area contributed by atoms with Crippen LogP contribution < -0.4 is 10.6 Å². The van der Waals surface area contributed by atoms with Gasteiger partial charge in [0.05, 0.1) is 5.75 Å². The summed E-state index contributed by atoms with van der Waals surface area (Å²) in [7, 11) is 0. The molecule has 0 fully saturated rings. The van der Waals surface area contributed by atoms with Gasteiger partial charge >= 0.3 is 0 Å². The molecule has 0 aromatic rings. The molecule has 0 spiro atoms. The topological polar surface area (TPSA) is 41.1 Å². The number of carbonyl (C=O) groups excluding carboxylic acids is 1. The third-order valence-electron chi connectivity index (χ3n) is 2.50. The Morgan fingerprint density at radius 1 is 1.18 bits per heavy atom. The van der Waals surface area contributed by atoms with Gasteiger partial charge in [0.2, 0.25) is 5.91 Å². The van der Waals surface area contributed by atoms with E-state index in [1.54, 1.807) is 11.8 Å². The molecule has 102 valence electrons. The molecular formula is C13H28N2OS. The molecule has 0 saturated heterocycles. The maximum Gasteiger partial charge on any atom is 0.230 e. The highest BCUT2D eigenvalue weighted by atomic mass is 32.2. The van der Waals surface area contributed by atoms with Gasteiger partial charge in [-0.05, 0) is 32.7 Å². The minimum Gasteiger partial charge on any atom is -0.355 e. The minimum absolute atomic E-state index is 0.165. The average molecular weight is 260 g/mol. The van der Waals surface area contributed by atoms with Gasteiger partial charge in [0.1, 0.15) is 0 Å². The van der Waals surface area contributed by atoms with E-state index in [0.717, 1.165) is 25.9 Å². The van der Waals surface area contributed by atoms with Crippen LogP contribution in [0.15, 0.2) is 0 Å². The Hall–Kier alpha value is -0.220. The second kappa shape index (κ2) is 10.9. The molecule has 0 saturated carbocycles. The van der Waals surface area contributed by atoms with E-state index in [2.05, 4.69) is 38.3 Å². The summed E-state index contributed by atoms with van der Waals surface area (Å²) in [5.41, 5.74) is 0. The molecule has 17 heavy (non-hydrogen) atoms. The number of thioether (sulfide) groups is 1. The van der Waals surface area contributed by atoms with Gasteiger partial charge in [-0.1, -0.05) is 20.8 Å². The van der Waals surface area contributed by atoms with Gasteiger partial charge < -0.3 is 10.6 Å². The van der Waals surface area contributed by atoms with Crippen LogP contribution in [0.25, 0.3) is 0 Å². The average Bonchev–Trinajstić information content (AvgIpc) is 2.31. The van der Waals surface area contributed by atoms with Crippen LogP contribution in [-0.4, -0.2) is 36.0 Å². The molecule has 1 amide bonds. The summed E-state index contributed by atoms with van der Waals surface area (Å²) in [5, 5.41) is 6.90. The van der Waals surface area contributed by atoms with Crippen LogP contribution in [0.5, 0.6) is 0 Å². The predicted molar refractivity (Wildman–Crippen MR) is 77.6 cm³/mol. The summed E-state index contributed by atoms with van der Waals surface area (Å²) in [6.07, 6.45) is 3.29. The van der Waals surface area contributed by atoms with E-state index >= 15 is 0 Å². The Kier molecular flexibility index (Phi) is 10.8. The van der Waals surface area contributed by atoms with Crippen molar-refractivity contribution in [2.45, 2.75) is 58.2 Å². The van der Waals surface area contributed by atoms with Crippen molar-refractivity contribution in [2.75, 3.05) is 18.8 Å². The first-order valence-corrected chi connectivity index (χ1v) is 7.76. The van der Waals surface area contributed by atoms with Crippen LogP contribution in [0.3, 0.4) is 0 Å². The fourth-order valence-electron chi connectivity index (χ4n) is 1.57. The minimum atomic E-state index is 0.165. The second-order valence-electron chi connectivity index (χ2n) is 4.56. The fourth-order valence-corrected chi connectivity index (χ4v) is 2.54. The SMILES string of the molecule is CCCNC(=O)CSC(C)CC(C)NCCC. The van der Waals surface area contributed by atoms with Gasteiger partial charge in [0, 0.05) is 17.8 Å². The number of amides is 1. The van der Waals surface area contributed by atoms with Crippen molar-refractivity contribution in [3.8, 4) is 0 Å². The number of hydrogen-bond acceptors (Lipinski definition) is 3. The van der Waals surface area contributed by atoms with E-state index in [0.29, 0.717) is 17.0 Å². The molecule has 0 aromatic heterocycles. The maximum atomic E-state index is 11.4. The van der Waals surface area contributed by atoms with Crippen LogP contribution in [0, 0.1) is 0 Å². The van der Waals surface area contributed by atoms with E-state index in [1.165, 1.54) is 6.42 Å². The quantitative estimate of drug-likeness (QED) is 0.634. The standard InChI is InChI=1S/C13H28N2OS/c1-5-7-14-11(3)9-12(4)17-10-13(16)15-8-6-2/h11-12,14H,5-10H2,1-4H3,(H,15,16). The smallest absolute Gasteiger partial charge is 0.230 e. The maximum absolute atomic E-state index is 11.4. The Labute approximate surface area is 111 Å². The molecule has 2 atom stereocenters. The third-order valence-corrected chi connectivity index (χ3v) is 3.69. The van der Waals surface area contributed by atoms with Gasteiger partial charge in [0.25, 0.3) is 0 Å². The van der Waals surface area contributed by atoms with Crippen LogP contribution in [-0.2, 0) is 4.79 Å². The van der Waals surface area contributed by atoms with Gasteiger partial charge in [-0.2, -0.15) is 0 Å². The molecule has 2 unspecified atom stereocenters. The lowest BCUT2D eigenvalue weighted by molar-refractivity contribution is -0.118. The van der Waals surface area contributed by atoms with Crippen LogP contribution in [0.2, 0.25) is 0 Å². The Balaban J connectivity index is 3.57. The largest absolute Gasteiger partial charge is 0.355 e. The molecule has 0 aliphatic heterocycles. The molecule has 0 bridgehead atoms. The summed E-state index contributed by atoms with van der Waals surface area (Å²) >= 11 is 1.74. The van der Waals surface area contributed by atoms with Gasteiger partial charge in [-0.15, -0.1) is 11.8 Å². The van der Waals surface area contributed by atoms with E-state index in [4.69, 9.17) is 0 Å². The van der Waals surface area contributed by atoms with Crippen molar-refractivity contribution in [1.29, 1.82) is 0 Å². The van der Waals surface area contributed by atoms with Gasteiger partial charge in [-0.25, -0.2) is 0 Å². The van der Waals surface area contributed by atoms with Crippen LogP contribution >= 0.6 is 11.8 Å². The summed E-state index contributed by atoms with van der Waals surface area (Å²) in [6.45, 7) is 10.5. The van der Waals surface area contributed by atoms with Gasteiger partial charge in [-0.3, -0.25) is 4.79 Å². The monoisotopic (exact) mass is 260 g/mol. The van der Waals surface area contributed by atoms with E-state index in [-0.39, 0.29) is 5.91 Å². The molecule has 0 aromatic carbocycles. The highest BCUT2D eigenvalue weighted by Crippen LogP contribution is 2.15. The zero-order valence-electron chi connectivity index (χ0n) is 11.7.